The fourth-order valence-electron chi connectivity index (χ4n) is 5.34. The van der Waals surface area contributed by atoms with Crippen molar-refractivity contribution in [3.63, 3.8) is 0 Å². The van der Waals surface area contributed by atoms with Crippen molar-refractivity contribution in [1.82, 2.24) is 9.80 Å². The lowest BCUT2D eigenvalue weighted by Crippen LogP contribution is -2.49. The molecule has 0 aliphatic carbocycles. The molecule has 3 aliphatic heterocycles. The van der Waals surface area contributed by atoms with Gasteiger partial charge in [-0.15, -0.1) is 0 Å². The number of hydrogen-bond donors (Lipinski definition) is 2. The van der Waals surface area contributed by atoms with E-state index in [4.69, 9.17) is 21.1 Å². The predicted octanol–water partition coefficient (Wildman–Crippen LogP) is 4.60. The highest BCUT2D eigenvalue weighted by Gasteiger charge is 2.29. The highest BCUT2D eigenvalue weighted by Crippen LogP contribution is 2.41. The van der Waals surface area contributed by atoms with Gasteiger partial charge in [0.1, 0.15) is 0 Å². The zero-order valence-electron chi connectivity index (χ0n) is 23.1. The largest absolute Gasteiger partial charge is 0.454 e. The Bertz CT molecular complexity index is 1520. The van der Waals surface area contributed by atoms with E-state index in [0.717, 1.165) is 55.2 Å². The Balaban J connectivity index is 1.25. The van der Waals surface area contributed by atoms with Crippen LogP contribution in [0.5, 0.6) is 11.5 Å². The monoisotopic (exact) mass is 573 g/mol. The average Bonchev–Trinajstić information content (AvgIpc) is 3.59. The molecule has 6 rings (SSSR count). The number of ether oxygens (including phenoxy) is 2. The Hall–Kier alpha value is -4.05. The molecule has 0 radical (unpaired) electrons. The van der Waals surface area contributed by atoms with Gasteiger partial charge in [-0.1, -0.05) is 24.6 Å². The lowest BCUT2D eigenvalue weighted by atomic mass is 9.99. The Kier molecular flexibility index (Phi) is 7.57. The first kappa shape index (κ1) is 27.1. The third-order valence-corrected chi connectivity index (χ3v) is 8.04. The number of likely N-dealkylation sites (N-methyl/N-ethyl adjacent to an activating group) is 2. The lowest BCUT2D eigenvalue weighted by Gasteiger charge is -2.34. The van der Waals surface area contributed by atoms with Crippen molar-refractivity contribution in [2.45, 2.75) is 6.92 Å². The van der Waals surface area contributed by atoms with Crippen LogP contribution in [0.2, 0.25) is 5.02 Å². The molecule has 2 amide bonds. The van der Waals surface area contributed by atoms with Gasteiger partial charge in [0.05, 0.1) is 23.5 Å². The van der Waals surface area contributed by atoms with E-state index in [-0.39, 0.29) is 18.6 Å². The molecule has 212 valence electrons. The summed E-state index contributed by atoms with van der Waals surface area (Å²) in [7, 11) is 1.80. The molecule has 0 spiro atoms. The summed E-state index contributed by atoms with van der Waals surface area (Å²) >= 11 is 6.19. The zero-order valence-corrected chi connectivity index (χ0v) is 23.8. The summed E-state index contributed by atoms with van der Waals surface area (Å²) in [5.74, 6) is 1.09. The number of piperazine rings is 1. The minimum atomic E-state index is -0.232. The van der Waals surface area contributed by atoms with Crippen molar-refractivity contribution >= 4 is 51.7 Å². The van der Waals surface area contributed by atoms with E-state index in [9.17, 15) is 9.59 Å². The van der Waals surface area contributed by atoms with E-state index in [1.165, 1.54) is 0 Å². The van der Waals surface area contributed by atoms with Gasteiger partial charge in [-0.3, -0.25) is 14.5 Å². The van der Waals surface area contributed by atoms with Gasteiger partial charge >= 0.3 is 0 Å². The third kappa shape index (κ3) is 5.61. The highest BCUT2D eigenvalue weighted by molar-refractivity contribution is 6.38. The van der Waals surface area contributed by atoms with Gasteiger partial charge in [-0.2, -0.15) is 0 Å². The van der Waals surface area contributed by atoms with Gasteiger partial charge < -0.3 is 29.9 Å². The number of carbonyl (C=O) groups is 2. The van der Waals surface area contributed by atoms with Crippen LogP contribution in [0, 0.1) is 0 Å². The summed E-state index contributed by atoms with van der Waals surface area (Å²) in [4.78, 5) is 32.6. The maximum absolute atomic E-state index is 13.2. The second-order valence-corrected chi connectivity index (χ2v) is 10.7. The first-order valence-electron chi connectivity index (χ1n) is 13.7. The Morgan fingerprint density at radius 2 is 1.71 bits per heavy atom. The fourth-order valence-corrected chi connectivity index (χ4v) is 5.51. The maximum atomic E-state index is 13.2. The van der Waals surface area contributed by atoms with Gasteiger partial charge in [0, 0.05) is 60.8 Å². The van der Waals surface area contributed by atoms with Crippen molar-refractivity contribution in [1.29, 1.82) is 0 Å². The predicted molar refractivity (Wildman–Crippen MR) is 161 cm³/mol. The number of hydrogen-bond acceptors (Lipinski definition) is 7. The van der Waals surface area contributed by atoms with Crippen LogP contribution in [0.3, 0.4) is 0 Å². The minimum absolute atomic E-state index is 0.0525. The molecule has 0 saturated carbocycles. The van der Waals surface area contributed by atoms with E-state index in [1.54, 1.807) is 24.1 Å². The third-order valence-electron chi connectivity index (χ3n) is 7.81. The zero-order chi connectivity index (χ0) is 28.5. The molecule has 10 heteroatoms. The van der Waals surface area contributed by atoms with Crippen molar-refractivity contribution in [3.8, 4) is 11.5 Å². The van der Waals surface area contributed by atoms with E-state index in [0.29, 0.717) is 40.0 Å². The smallest absolute Gasteiger partial charge is 0.258 e. The number of nitrogens with zero attached hydrogens (tertiary/aromatic N) is 3. The molecule has 0 unspecified atom stereocenters. The minimum Gasteiger partial charge on any atom is -0.454 e. The number of benzene rings is 3. The molecule has 0 atom stereocenters. The molecule has 0 aromatic heterocycles. The second kappa shape index (κ2) is 11.4. The van der Waals surface area contributed by atoms with Crippen LogP contribution < -0.4 is 25.0 Å². The molecule has 41 heavy (non-hydrogen) atoms. The topological polar surface area (TPSA) is 86.4 Å². The van der Waals surface area contributed by atoms with E-state index in [1.807, 2.05) is 48.5 Å². The highest BCUT2D eigenvalue weighted by atomic mass is 35.5. The van der Waals surface area contributed by atoms with Gasteiger partial charge in [0.2, 0.25) is 12.7 Å². The Morgan fingerprint density at radius 1 is 0.976 bits per heavy atom. The molecule has 3 aromatic carbocycles. The molecule has 1 saturated heterocycles. The van der Waals surface area contributed by atoms with Crippen molar-refractivity contribution in [2.24, 2.45) is 0 Å². The second-order valence-electron chi connectivity index (χ2n) is 10.3. The van der Waals surface area contributed by atoms with E-state index >= 15 is 0 Å². The summed E-state index contributed by atoms with van der Waals surface area (Å²) in [5.41, 5.74) is 4.84. The molecule has 3 aromatic rings. The summed E-state index contributed by atoms with van der Waals surface area (Å²) in [6, 6.07) is 18.6. The van der Waals surface area contributed by atoms with E-state index < -0.39 is 0 Å². The number of amides is 2. The molecule has 0 bridgehead atoms. The SMILES string of the molecule is CCN1CCN(CC(=O)N(C)c2ccc(NC(=C3C(=O)Nc4cc(Cl)ccc43)c3ccc4c(c3)OCO4)cc2)CC1. The van der Waals surface area contributed by atoms with Gasteiger partial charge in [0.25, 0.3) is 5.91 Å². The average molecular weight is 574 g/mol. The van der Waals surface area contributed by atoms with Crippen LogP contribution in [0.1, 0.15) is 18.1 Å². The van der Waals surface area contributed by atoms with Crippen LogP contribution in [0.25, 0.3) is 11.3 Å². The molecule has 3 heterocycles. The molecule has 3 aliphatic rings. The quantitative estimate of drug-likeness (QED) is 0.400. The number of carbonyl (C=O) groups excluding carboxylic acids is 2. The summed E-state index contributed by atoms with van der Waals surface area (Å²) in [6.07, 6.45) is 0. The number of fused-ring (bicyclic) bond motifs is 2. The molecular formula is C31H32ClN5O4. The summed E-state index contributed by atoms with van der Waals surface area (Å²) in [6.45, 7) is 7.54. The molecule has 2 N–H and O–H groups in total. The van der Waals surface area contributed by atoms with Crippen molar-refractivity contribution in [3.05, 3.63) is 76.8 Å². The summed E-state index contributed by atoms with van der Waals surface area (Å²) < 4.78 is 11.1. The fraction of sp³-hybridized carbons (Fsp3) is 0.290. The van der Waals surface area contributed by atoms with Crippen LogP contribution >= 0.6 is 11.6 Å². The van der Waals surface area contributed by atoms with E-state index in [2.05, 4.69) is 27.4 Å². The number of anilines is 3. The lowest BCUT2D eigenvalue weighted by molar-refractivity contribution is -0.119. The molecule has 1 fully saturated rings. The number of halogens is 1. The summed E-state index contributed by atoms with van der Waals surface area (Å²) in [5, 5.41) is 6.92. The van der Waals surface area contributed by atoms with Gasteiger partial charge in [-0.25, -0.2) is 0 Å². The first-order valence-corrected chi connectivity index (χ1v) is 14.1. The molecule has 9 nitrogen and oxygen atoms in total. The Morgan fingerprint density at radius 3 is 2.46 bits per heavy atom. The van der Waals surface area contributed by atoms with Crippen molar-refractivity contribution < 1.29 is 19.1 Å². The van der Waals surface area contributed by atoms with Crippen LogP contribution in [-0.4, -0.2) is 74.7 Å². The maximum Gasteiger partial charge on any atom is 0.258 e. The van der Waals surface area contributed by atoms with Crippen LogP contribution in [-0.2, 0) is 9.59 Å². The Labute approximate surface area is 244 Å². The van der Waals surface area contributed by atoms with Crippen LogP contribution in [0.4, 0.5) is 17.1 Å². The van der Waals surface area contributed by atoms with Gasteiger partial charge in [-0.05, 0) is 61.1 Å². The number of nitrogens with one attached hydrogen (secondary N) is 2. The first-order chi connectivity index (χ1) is 19.9. The molecular weight excluding hydrogens is 542 g/mol. The van der Waals surface area contributed by atoms with Gasteiger partial charge in [0.15, 0.2) is 11.5 Å². The van der Waals surface area contributed by atoms with Crippen LogP contribution in [0.15, 0.2) is 60.7 Å². The standard InChI is InChI=1S/C31H32ClN5O4/c1-3-36-12-14-37(15-13-36)18-28(38)35(2)23-8-6-22(7-9-23)33-30(20-4-11-26-27(16-20)41-19-40-26)29-24-10-5-21(32)17-25(24)34-31(29)39/h4-11,16-17,33H,3,12-15,18-19H2,1-2H3,(H,34,39). The van der Waals surface area contributed by atoms with Crippen molar-refractivity contribution in [2.75, 3.05) is 68.6 Å². The number of rotatable bonds is 7. The normalized spacial score (nSPS) is 17.7.